The van der Waals surface area contributed by atoms with E-state index < -0.39 is 0 Å². The molecule has 2 heterocycles. The van der Waals surface area contributed by atoms with E-state index in [1.807, 2.05) is 67.6 Å². The molecule has 0 atom stereocenters. The molecule has 0 bridgehead atoms. The molecule has 2 aromatic carbocycles. The molecule has 0 saturated heterocycles. The molecule has 0 unspecified atom stereocenters. The number of aryl methyl sites for hydroxylation is 1. The molecule has 0 aliphatic rings. The first-order valence-corrected chi connectivity index (χ1v) is 9.09. The third-order valence-corrected chi connectivity index (χ3v) is 4.39. The zero-order valence-electron chi connectivity index (χ0n) is 15.5. The van der Waals surface area contributed by atoms with E-state index in [9.17, 15) is 4.79 Å². The number of pyridine rings is 2. The van der Waals surface area contributed by atoms with Crippen LogP contribution in [0.15, 0.2) is 79.1 Å². The van der Waals surface area contributed by atoms with Crippen LogP contribution in [0.1, 0.15) is 11.1 Å². The van der Waals surface area contributed by atoms with Crippen LogP contribution >= 0.6 is 0 Å². The van der Waals surface area contributed by atoms with Crippen molar-refractivity contribution in [3.63, 3.8) is 0 Å². The van der Waals surface area contributed by atoms with Crippen LogP contribution in [0.5, 0.6) is 0 Å². The fourth-order valence-electron chi connectivity index (χ4n) is 3.10. The van der Waals surface area contributed by atoms with Crippen molar-refractivity contribution in [2.75, 3.05) is 10.6 Å². The second-order valence-corrected chi connectivity index (χ2v) is 6.65. The van der Waals surface area contributed by atoms with Crippen molar-refractivity contribution in [3.8, 4) is 0 Å². The number of nitrogens with one attached hydrogen (secondary N) is 2. The van der Waals surface area contributed by atoms with Crippen LogP contribution in [0.25, 0.3) is 10.9 Å². The predicted octanol–water partition coefficient (Wildman–Crippen LogP) is 4.86. The molecule has 0 saturated carbocycles. The minimum absolute atomic E-state index is 0.0861. The molecule has 28 heavy (non-hydrogen) atoms. The lowest BCUT2D eigenvalue weighted by molar-refractivity contribution is -0.115. The monoisotopic (exact) mass is 368 g/mol. The number of amides is 1. The van der Waals surface area contributed by atoms with E-state index in [1.54, 1.807) is 18.5 Å². The Bertz CT molecular complexity index is 1120. The van der Waals surface area contributed by atoms with Gasteiger partial charge in [0, 0.05) is 11.6 Å². The Morgan fingerprint density at radius 2 is 1.82 bits per heavy atom. The molecule has 0 radical (unpaired) electrons. The third-order valence-electron chi connectivity index (χ3n) is 4.39. The molecule has 0 aliphatic heterocycles. The van der Waals surface area contributed by atoms with Gasteiger partial charge in [-0.15, -0.1) is 0 Å². The van der Waals surface area contributed by atoms with Crippen molar-refractivity contribution in [3.05, 3.63) is 90.3 Å². The number of para-hydroxylation sites is 1. The van der Waals surface area contributed by atoms with E-state index in [4.69, 9.17) is 0 Å². The zero-order valence-corrected chi connectivity index (χ0v) is 15.5. The van der Waals surface area contributed by atoms with Crippen LogP contribution < -0.4 is 10.6 Å². The number of aromatic nitrogens is 2. The first-order chi connectivity index (χ1) is 13.7. The molecule has 2 aromatic heterocycles. The highest BCUT2D eigenvalue weighted by Gasteiger charge is 2.06. The molecule has 0 fully saturated rings. The van der Waals surface area contributed by atoms with Crippen molar-refractivity contribution in [1.82, 2.24) is 9.97 Å². The van der Waals surface area contributed by atoms with Crippen LogP contribution in [0, 0.1) is 6.92 Å². The molecule has 1 amide bonds. The Morgan fingerprint density at radius 3 is 2.64 bits per heavy atom. The number of hydrogen-bond donors (Lipinski definition) is 2. The highest BCUT2D eigenvalue weighted by Crippen LogP contribution is 2.24. The molecule has 138 valence electrons. The second kappa shape index (κ2) is 7.88. The summed E-state index contributed by atoms with van der Waals surface area (Å²) in [4.78, 5) is 21.0. The van der Waals surface area contributed by atoms with Crippen LogP contribution in [0.4, 0.5) is 17.2 Å². The quantitative estimate of drug-likeness (QED) is 0.528. The molecule has 4 aromatic rings. The lowest BCUT2D eigenvalue weighted by Gasteiger charge is -2.10. The van der Waals surface area contributed by atoms with Gasteiger partial charge in [0.05, 0.1) is 29.5 Å². The minimum Gasteiger partial charge on any atom is -0.352 e. The minimum atomic E-state index is -0.0861. The lowest BCUT2D eigenvalue weighted by atomic mass is 10.1. The predicted molar refractivity (Wildman–Crippen MR) is 113 cm³/mol. The fraction of sp³-hybridized carbons (Fsp3) is 0.0870. The number of nitrogens with zero attached hydrogens (tertiary/aromatic N) is 2. The number of carbonyl (C=O) groups excluding carboxylic acids is 1. The molecule has 0 aliphatic carbocycles. The van der Waals surface area contributed by atoms with Crippen LogP contribution in [-0.2, 0) is 11.2 Å². The van der Waals surface area contributed by atoms with Gasteiger partial charge < -0.3 is 10.6 Å². The maximum atomic E-state index is 12.2. The summed E-state index contributed by atoms with van der Waals surface area (Å²) in [5, 5.41) is 7.25. The lowest BCUT2D eigenvalue weighted by Crippen LogP contribution is -2.15. The van der Waals surface area contributed by atoms with Gasteiger partial charge in [-0.1, -0.05) is 48.0 Å². The molecular formula is C23H20N4O. The maximum Gasteiger partial charge on any atom is 0.229 e. The fourth-order valence-corrected chi connectivity index (χ4v) is 3.10. The number of anilines is 3. The first-order valence-electron chi connectivity index (χ1n) is 9.09. The van der Waals surface area contributed by atoms with E-state index in [-0.39, 0.29) is 5.91 Å². The zero-order chi connectivity index (χ0) is 19.3. The van der Waals surface area contributed by atoms with Crippen molar-refractivity contribution >= 4 is 34.0 Å². The van der Waals surface area contributed by atoms with Gasteiger partial charge in [-0.2, -0.15) is 0 Å². The Morgan fingerprint density at radius 1 is 0.964 bits per heavy atom. The summed E-state index contributed by atoms with van der Waals surface area (Å²) < 4.78 is 0. The van der Waals surface area contributed by atoms with Crippen molar-refractivity contribution in [2.24, 2.45) is 0 Å². The average Bonchev–Trinajstić information content (AvgIpc) is 2.70. The highest BCUT2D eigenvalue weighted by molar-refractivity contribution is 5.93. The van der Waals surface area contributed by atoms with E-state index in [0.29, 0.717) is 12.2 Å². The van der Waals surface area contributed by atoms with Crippen molar-refractivity contribution < 1.29 is 4.79 Å². The Labute approximate surface area is 163 Å². The topological polar surface area (TPSA) is 66.9 Å². The Hall–Kier alpha value is -3.73. The van der Waals surface area contributed by atoms with Gasteiger partial charge in [-0.3, -0.25) is 9.78 Å². The summed E-state index contributed by atoms with van der Waals surface area (Å²) in [6.45, 7) is 2.01. The normalized spacial score (nSPS) is 10.6. The van der Waals surface area contributed by atoms with Crippen LogP contribution in [0.3, 0.4) is 0 Å². The average molecular weight is 368 g/mol. The molecular weight excluding hydrogens is 348 g/mol. The van der Waals surface area contributed by atoms with Crippen molar-refractivity contribution in [2.45, 2.75) is 13.3 Å². The summed E-state index contributed by atoms with van der Waals surface area (Å²) in [6, 6.07) is 21.5. The molecule has 5 heteroatoms. The summed E-state index contributed by atoms with van der Waals surface area (Å²) >= 11 is 0. The summed E-state index contributed by atoms with van der Waals surface area (Å²) in [5.74, 6) is 0.441. The van der Waals surface area contributed by atoms with E-state index in [0.717, 1.165) is 33.4 Å². The second-order valence-electron chi connectivity index (χ2n) is 6.65. The van der Waals surface area contributed by atoms with Gasteiger partial charge in [0.25, 0.3) is 0 Å². The van der Waals surface area contributed by atoms with Crippen LogP contribution in [0.2, 0.25) is 0 Å². The van der Waals surface area contributed by atoms with Gasteiger partial charge in [-0.05, 0) is 36.8 Å². The van der Waals surface area contributed by atoms with Crippen molar-refractivity contribution in [1.29, 1.82) is 0 Å². The van der Waals surface area contributed by atoms with Gasteiger partial charge in [0.2, 0.25) is 5.91 Å². The number of benzene rings is 2. The number of fused-ring (bicyclic) bond motifs is 1. The number of carbonyl (C=O) groups is 1. The first kappa shape index (κ1) is 17.7. The third kappa shape index (κ3) is 4.15. The number of rotatable bonds is 5. The highest BCUT2D eigenvalue weighted by atomic mass is 16.1. The molecule has 0 spiro atoms. The SMILES string of the molecule is Cc1cccc(CC(=O)Nc2ccc(Nc3cccc4cccnc34)cn2)c1. The smallest absolute Gasteiger partial charge is 0.229 e. The summed E-state index contributed by atoms with van der Waals surface area (Å²) in [6.07, 6.45) is 3.80. The van der Waals surface area contributed by atoms with E-state index in [1.165, 1.54) is 0 Å². The summed E-state index contributed by atoms with van der Waals surface area (Å²) in [5.41, 5.74) is 4.77. The molecule has 2 N–H and O–H groups in total. The largest absolute Gasteiger partial charge is 0.352 e. The van der Waals surface area contributed by atoms with E-state index in [2.05, 4.69) is 20.6 Å². The Kier molecular flexibility index (Phi) is 4.97. The van der Waals surface area contributed by atoms with Gasteiger partial charge in [-0.25, -0.2) is 4.98 Å². The van der Waals surface area contributed by atoms with Gasteiger partial charge in [0.1, 0.15) is 5.82 Å². The number of hydrogen-bond acceptors (Lipinski definition) is 4. The molecule has 5 nitrogen and oxygen atoms in total. The standard InChI is InChI=1S/C23H20N4O/c1-16-5-2-6-17(13-16)14-22(28)27-21-11-10-19(15-25-21)26-20-9-3-7-18-8-4-12-24-23(18)20/h2-13,15,26H,14H2,1H3,(H,25,27,28). The summed E-state index contributed by atoms with van der Waals surface area (Å²) in [7, 11) is 0. The van der Waals surface area contributed by atoms with Crippen LogP contribution in [-0.4, -0.2) is 15.9 Å². The maximum absolute atomic E-state index is 12.2. The molecule has 4 rings (SSSR count). The van der Waals surface area contributed by atoms with E-state index >= 15 is 0 Å². The van der Waals surface area contributed by atoms with Gasteiger partial charge in [0.15, 0.2) is 0 Å². The van der Waals surface area contributed by atoms with Gasteiger partial charge >= 0.3 is 0 Å². The Balaban J connectivity index is 1.43.